The van der Waals surface area contributed by atoms with Gasteiger partial charge in [-0.2, -0.15) is 8.42 Å². The summed E-state index contributed by atoms with van der Waals surface area (Å²) < 4.78 is 33.5. The van der Waals surface area contributed by atoms with Crippen LogP contribution < -0.4 is 8.92 Å². The molecule has 0 atom stereocenters. The summed E-state index contributed by atoms with van der Waals surface area (Å²) in [6.07, 6.45) is 2.58. The predicted octanol–water partition coefficient (Wildman–Crippen LogP) is 3.40. The number of ether oxygens (including phenoxy) is 1. The normalized spacial score (nSPS) is 15.4. The van der Waals surface area contributed by atoms with Crippen LogP contribution in [0.15, 0.2) is 52.7 Å². The Kier molecular flexibility index (Phi) is 3.99. The number of Topliss-reactive ketones (excluding diaryl/α,β-unsaturated/α-hetero) is 1. The Balaban J connectivity index is 1.94. The molecule has 0 spiro atoms. The molecule has 0 saturated heterocycles. The highest BCUT2D eigenvalue weighted by molar-refractivity contribution is 9.10. The third-order valence-corrected chi connectivity index (χ3v) is 4.30. The van der Waals surface area contributed by atoms with Crippen molar-refractivity contribution in [1.82, 2.24) is 0 Å². The quantitative estimate of drug-likeness (QED) is 0.589. The van der Waals surface area contributed by atoms with Crippen molar-refractivity contribution in [3.05, 3.63) is 63.8 Å². The van der Waals surface area contributed by atoms with E-state index in [-0.39, 0.29) is 23.0 Å². The lowest BCUT2D eigenvalue weighted by Crippen LogP contribution is -2.05. The molecule has 3 rings (SSSR count). The van der Waals surface area contributed by atoms with E-state index in [1.807, 2.05) is 24.3 Å². The van der Waals surface area contributed by atoms with Gasteiger partial charge in [0, 0.05) is 10.5 Å². The summed E-state index contributed by atoms with van der Waals surface area (Å²) in [5.74, 6) is 0.278. The van der Waals surface area contributed by atoms with Crippen LogP contribution >= 0.6 is 15.9 Å². The molecule has 1 aliphatic rings. The van der Waals surface area contributed by atoms with Crippen LogP contribution in [-0.4, -0.2) is 20.5 Å². The van der Waals surface area contributed by atoms with Gasteiger partial charge in [-0.15, -0.1) is 0 Å². The van der Waals surface area contributed by atoms with Gasteiger partial charge in [0.1, 0.15) is 11.5 Å². The zero-order chi connectivity index (χ0) is 16.6. The molecule has 2 aromatic rings. The molecule has 23 heavy (non-hydrogen) atoms. The van der Waals surface area contributed by atoms with Crippen molar-refractivity contribution in [3.63, 3.8) is 0 Å². The fraction of sp³-hybridized carbons (Fsp3) is 0.0625. The Morgan fingerprint density at radius 1 is 1.17 bits per heavy atom. The minimum absolute atomic E-state index is 0.0983. The molecule has 0 unspecified atom stereocenters. The number of fused-ring (bicyclic) bond motifs is 1. The Morgan fingerprint density at radius 2 is 1.91 bits per heavy atom. The zero-order valence-electron chi connectivity index (χ0n) is 11.9. The van der Waals surface area contributed by atoms with Gasteiger partial charge in [0.15, 0.2) is 5.76 Å². The number of benzene rings is 2. The largest absolute Gasteiger partial charge is 0.452 e. The second-order valence-electron chi connectivity index (χ2n) is 4.91. The van der Waals surface area contributed by atoms with Crippen LogP contribution in [0, 0.1) is 0 Å². The maximum absolute atomic E-state index is 12.3. The van der Waals surface area contributed by atoms with E-state index >= 15 is 0 Å². The molecule has 0 radical (unpaired) electrons. The van der Waals surface area contributed by atoms with Crippen molar-refractivity contribution in [3.8, 4) is 11.5 Å². The number of carbonyl (C=O) groups excluding carboxylic acids is 1. The van der Waals surface area contributed by atoms with Gasteiger partial charge in [0.2, 0.25) is 5.78 Å². The highest BCUT2D eigenvalue weighted by Crippen LogP contribution is 2.35. The molecule has 1 aliphatic heterocycles. The maximum Gasteiger partial charge on any atom is 0.306 e. The summed E-state index contributed by atoms with van der Waals surface area (Å²) in [7, 11) is -3.64. The summed E-state index contributed by atoms with van der Waals surface area (Å²) in [6.45, 7) is 0. The first-order chi connectivity index (χ1) is 10.8. The van der Waals surface area contributed by atoms with E-state index in [1.165, 1.54) is 18.2 Å². The SMILES string of the molecule is CS(=O)(=O)Oc1ccc2c(c1)O/C(=C\c1ccccc1Br)C2=O. The smallest absolute Gasteiger partial charge is 0.306 e. The van der Waals surface area contributed by atoms with Crippen LogP contribution in [0.2, 0.25) is 0 Å². The van der Waals surface area contributed by atoms with Gasteiger partial charge in [0.25, 0.3) is 0 Å². The number of hydrogen-bond acceptors (Lipinski definition) is 5. The van der Waals surface area contributed by atoms with Gasteiger partial charge < -0.3 is 8.92 Å². The number of carbonyl (C=O) groups is 1. The molecule has 2 aromatic carbocycles. The predicted molar refractivity (Wildman–Crippen MR) is 89.0 cm³/mol. The lowest BCUT2D eigenvalue weighted by molar-refractivity contribution is 0.101. The van der Waals surface area contributed by atoms with Gasteiger partial charge in [-0.25, -0.2) is 0 Å². The van der Waals surface area contributed by atoms with Crippen molar-refractivity contribution in [2.75, 3.05) is 6.26 Å². The molecule has 0 N–H and O–H groups in total. The van der Waals surface area contributed by atoms with E-state index in [2.05, 4.69) is 15.9 Å². The molecule has 0 saturated carbocycles. The number of hydrogen-bond donors (Lipinski definition) is 0. The van der Waals surface area contributed by atoms with Crippen molar-refractivity contribution >= 4 is 37.9 Å². The minimum atomic E-state index is -3.64. The molecule has 118 valence electrons. The lowest BCUT2D eigenvalue weighted by Gasteiger charge is -2.04. The third kappa shape index (κ3) is 3.46. The highest BCUT2D eigenvalue weighted by atomic mass is 79.9. The van der Waals surface area contributed by atoms with E-state index in [0.29, 0.717) is 5.56 Å². The average molecular weight is 395 g/mol. The van der Waals surface area contributed by atoms with Crippen LogP contribution in [0.5, 0.6) is 11.5 Å². The minimum Gasteiger partial charge on any atom is -0.452 e. The summed E-state index contributed by atoms with van der Waals surface area (Å²) in [5.41, 5.74) is 1.17. The topological polar surface area (TPSA) is 69.7 Å². The van der Waals surface area contributed by atoms with Gasteiger partial charge in [-0.05, 0) is 29.8 Å². The molecular formula is C16H11BrO5S. The Hall–Kier alpha value is -2.12. The fourth-order valence-corrected chi connectivity index (χ4v) is 2.98. The van der Waals surface area contributed by atoms with Crippen LogP contribution in [0.4, 0.5) is 0 Å². The first kappa shape index (κ1) is 15.8. The fourth-order valence-electron chi connectivity index (χ4n) is 2.13. The molecule has 1 heterocycles. The van der Waals surface area contributed by atoms with E-state index in [1.54, 1.807) is 6.08 Å². The summed E-state index contributed by atoms with van der Waals surface area (Å²) in [5, 5.41) is 0. The van der Waals surface area contributed by atoms with Crippen molar-refractivity contribution in [2.24, 2.45) is 0 Å². The second-order valence-corrected chi connectivity index (χ2v) is 7.34. The van der Waals surface area contributed by atoms with E-state index in [9.17, 15) is 13.2 Å². The lowest BCUT2D eigenvalue weighted by atomic mass is 10.1. The van der Waals surface area contributed by atoms with Crippen LogP contribution in [0.3, 0.4) is 0 Å². The van der Waals surface area contributed by atoms with Gasteiger partial charge in [-0.3, -0.25) is 4.79 Å². The summed E-state index contributed by atoms with van der Waals surface area (Å²) >= 11 is 3.41. The molecule has 7 heteroatoms. The third-order valence-electron chi connectivity index (χ3n) is 3.08. The average Bonchev–Trinajstić information content (AvgIpc) is 2.76. The number of halogens is 1. The van der Waals surface area contributed by atoms with Crippen molar-refractivity contribution in [1.29, 1.82) is 0 Å². The Bertz CT molecular complexity index is 931. The molecule has 0 bridgehead atoms. The van der Waals surface area contributed by atoms with Crippen molar-refractivity contribution < 1.29 is 22.1 Å². The van der Waals surface area contributed by atoms with Crippen LogP contribution in [-0.2, 0) is 10.1 Å². The molecule has 0 amide bonds. The molecule has 0 fully saturated rings. The van der Waals surface area contributed by atoms with Crippen LogP contribution in [0.1, 0.15) is 15.9 Å². The van der Waals surface area contributed by atoms with Crippen molar-refractivity contribution in [2.45, 2.75) is 0 Å². The molecule has 0 aromatic heterocycles. The molecule has 0 aliphatic carbocycles. The number of ketones is 1. The second kappa shape index (κ2) is 5.82. The zero-order valence-corrected chi connectivity index (χ0v) is 14.3. The highest BCUT2D eigenvalue weighted by Gasteiger charge is 2.28. The number of rotatable bonds is 3. The van der Waals surface area contributed by atoms with Gasteiger partial charge in [0.05, 0.1) is 11.8 Å². The standard InChI is InChI=1S/C16H11BrO5S/c1-23(19,20)22-11-6-7-12-14(9-11)21-15(16(12)18)8-10-4-2-3-5-13(10)17/h2-9H,1H3/b15-8-. The number of allylic oxidation sites excluding steroid dienone is 1. The van der Waals surface area contributed by atoms with Gasteiger partial charge in [-0.1, -0.05) is 34.1 Å². The Labute approximate surface area is 141 Å². The van der Waals surface area contributed by atoms with Crippen LogP contribution in [0.25, 0.3) is 6.08 Å². The van der Waals surface area contributed by atoms with E-state index in [4.69, 9.17) is 8.92 Å². The molecule has 5 nitrogen and oxygen atoms in total. The van der Waals surface area contributed by atoms with Gasteiger partial charge >= 0.3 is 10.1 Å². The Morgan fingerprint density at radius 3 is 2.61 bits per heavy atom. The monoisotopic (exact) mass is 394 g/mol. The summed E-state index contributed by atoms with van der Waals surface area (Å²) in [4.78, 5) is 12.3. The molecular weight excluding hydrogens is 384 g/mol. The van der Waals surface area contributed by atoms with E-state index in [0.717, 1.165) is 16.3 Å². The first-order valence-corrected chi connectivity index (χ1v) is 9.17. The maximum atomic E-state index is 12.3. The summed E-state index contributed by atoms with van der Waals surface area (Å²) in [6, 6.07) is 11.7. The van der Waals surface area contributed by atoms with E-state index < -0.39 is 10.1 Å². The first-order valence-electron chi connectivity index (χ1n) is 6.56.